The first-order chi connectivity index (χ1) is 8.43. The molecule has 18 heavy (non-hydrogen) atoms. The quantitative estimate of drug-likeness (QED) is 0.764. The molecule has 0 aliphatic heterocycles. The molecule has 8 heteroatoms. The molecule has 0 atom stereocenters. The number of nitrogens with one attached hydrogen (secondary N) is 2. The SMILES string of the molecule is NCC(=O)NCC(=O)Nc1c(F)cc(Br)cc1F. The van der Waals surface area contributed by atoms with Gasteiger partial charge in [0, 0.05) is 4.47 Å². The van der Waals surface area contributed by atoms with Crippen LogP contribution < -0.4 is 16.4 Å². The molecule has 0 aliphatic rings. The van der Waals surface area contributed by atoms with Gasteiger partial charge in [0.15, 0.2) is 11.6 Å². The molecule has 0 aromatic heterocycles. The van der Waals surface area contributed by atoms with Gasteiger partial charge in [-0.25, -0.2) is 8.78 Å². The second-order valence-corrected chi connectivity index (χ2v) is 4.19. The van der Waals surface area contributed by atoms with E-state index in [1.807, 2.05) is 5.32 Å². The average Bonchev–Trinajstić information content (AvgIpc) is 2.30. The van der Waals surface area contributed by atoms with E-state index in [4.69, 9.17) is 5.73 Å². The van der Waals surface area contributed by atoms with Crippen molar-refractivity contribution in [3.05, 3.63) is 28.2 Å². The Labute approximate surface area is 110 Å². The van der Waals surface area contributed by atoms with Crippen molar-refractivity contribution in [2.24, 2.45) is 5.73 Å². The largest absolute Gasteiger partial charge is 0.346 e. The van der Waals surface area contributed by atoms with Crippen molar-refractivity contribution < 1.29 is 18.4 Å². The molecule has 5 nitrogen and oxygen atoms in total. The van der Waals surface area contributed by atoms with Crippen molar-refractivity contribution in [3.63, 3.8) is 0 Å². The van der Waals surface area contributed by atoms with Crippen molar-refractivity contribution in [1.29, 1.82) is 0 Å². The number of benzene rings is 1. The van der Waals surface area contributed by atoms with E-state index in [0.29, 0.717) is 0 Å². The summed E-state index contributed by atoms with van der Waals surface area (Å²) in [4.78, 5) is 22.1. The van der Waals surface area contributed by atoms with Gasteiger partial charge in [-0.3, -0.25) is 9.59 Å². The van der Waals surface area contributed by atoms with Crippen molar-refractivity contribution in [1.82, 2.24) is 5.32 Å². The number of amides is 2. The van der Waals surface area contributed by atoms with Crippen LogP contribution in [0.1, 0.15) is 0 Å². The van der Waals surface area contributed by atoms with Gasteiger partial charge in [0.1, 0.15) is 5.69 Å². The predicted molar refractivity (Wildman–Crippen MR) is 64.8 cm³/mol. The third-order valence-electron chi connectivity index (χ3n) is 1.90. The fraction of sp³-hybridized carbons (Fsp3) is 0.200. The molecule has 1 rings (SSSR count). The molecule has 0 spiro atoms. The summed E-state index contributed by atoms with van der Waals surface area (Å²) in [5, 5.41) is 4.19. The Bertz CT molecular complexity index is 459. The minimum atomic E-state index is -0.916. The third kappa shape index (κ3) is 4.04. The lowest BCUT2D eigenvalue weighted by Crippen LogP contribution is -2.36. The van der Waals surface area contributed by atoms with Gasteiger partial charge < -0.3 is 16.4 Å². The Kier molecular flexibility index (Phi) is 5.17. The van der Waals surface area contributed by atoms with E-state index >= 15 is 0 Å². The third-order valence-corrected chi connectivity index (χ3v) is 2.36. The zero-order chi connectivity index (χ0) is 13.7. The van der Waals surface area contributed by atoms with E-state index in [1.165, 1.54) is 0 Å². The molecule has 0 fully saturated rings. The van der Waals surface area contributed by atoms with E-state index in [-0.39, 0.29) is 11.0 Å². The van der Waals surface area contributed by atoms with Gasteiger partial charge in [0.2, 0.25) is 11.8 Å². The molecule has 0 heterocycles. The number of anilines is 1. The summed E-state index contributed by atoms with van der Waals surface area (Å²) < 4.78 is 26.9. The van der Waals surface area contributed by atoms with Crippen molar-refractivity contribution in [2.75, 3.05) is 18.4 Å². The van der Waals surface area contributed by atoms with Gasteiger partial charge in [-0.05, 0) is 12.1 Å². The van der Waals surface area contributed by atoms with Crippen LogP contribution in [-0.2, 0) is 9.59 Å². The fourth-order valence-corrected chi connectivity index (χ4v) is 1.50. The van der Waals surface area contributed by atoms with Crippen LogP contribution in [0.3, 0.4) is 0 Å². The highest BCUT2D eigenvalue weighted by molar-refractivity contribution is 9.10. The maximum Gasteiger partial charge on any atom is 0.243 e. The summed E-state index contributed by atoms with van der Waals surface area (Å²) in [6.45, 7) is -0.681. The Hall–Kier alpha value is -1.54. The standard InChI is InChI=1S/C10H10BrF2N3O2/c11-5-1-6(12)10(7(13)2-5)16-9(18)4-15-8(17)3-14/h1-2H,3-4,14H2,(H,15,17)(H,16,18). The minimum Gasteiger partial charge on any atom is -0.346 e. The van der Waals surface area contributed by atoms with Gasteiger partial charge in [-0.1, -0.05) is 15.9 Å². The Morgan fingerprint density at radius 2 is 1.78 bits per heavy atom. The summed E-state index contributed by atoms with van der Waals surface area (Å²) in [5.74, 6) is -3.13. The van der Waals surface area contributed by atoms with Crippen molar-refractivity contribution in [2.45, 2.75) is 0 Å². The highest BCUT2D eigenvalue weighted by Crippen LogP contribution is 2.23. The Morgan fingerprint density at radius 3 is 2.28 bits per heavy atom. The molecule has 0 aliphatic carbocycles. The summed E-state index contributed by atoms with van der Waals surface area (Å²) in [7, 11) is 0. The van der Waals surface area contributed by atoms with Gasteiger partial charge in [-0.15, -0.1) is 0 Å². The topological polar surface area (TPSA) is 84.2 Å². The molecule has 1 aromatic carbocycles. The minimum absolute atomic E-state index is 0.215. The molecule has 0 bridgehead atoms. The maximum atomic E-state index is 13.3. The summed E-state index contributed by atoms with van der Waals surface area (Å²) in [6, 6.07) is 2.02. The molecule has 0 saturated heterocycles. The summed E-state index contributed by atoms with van der Waals surface area (Å²) in [6.07, 6.45) is 0. The fourth-order valence-electron chi connectivity index (χ4n) is 1.10. The number of nitrogens with two attached hydrogens (primary N) is 1. The van der Waals surface area contributed by atoms with Crippen LogP contribution in [0.4, 0.5) is 14.5 Å². The Morgan fingerprint density at radius 1 is 1.22 bits per heavy atom. The number of hydrogen-bond acceptors (Lipinski definition) is 3. The first-order valence-corrected chi connectivity index (χ1v) is 5.64. The van der Waals surface area contributed by atoms with Crippen LogP contribution in [0.25, 0.3) is 0 Å². The molecule has 1 aromatic rings. The molecule has 0 radical (unpaired) electrons. The smallest absolute Gasteiger partial charge is 0.243 e. The van der Waals surface area contributed by atoms with Gasteiger partial charge in [0.05, 0.1) is 13.1 Å². The molecule has 2 amide bonds. The van der Waals surface area contributed by atoms with E-state index in [1.54, 1.807) is 0 Å². The molecular weight excluding hydrogens is 312 g/mol. The second-order valence-electron chi connectivity index (χ2n) is 3.27. The normalized spacial score (nSPS) is 10.0. The first-order valence-electron chi connectivity index (χ1n) is 4.85. The summed E-state index contributed by atoms with van der Waals surface area (Å²) >= 11 is 2.91. The zero-order valence-electron chi connectivity index (χ0n) is 9.10. The van der Waals surface area contributed by atoms with Crippen molar-refractivity contribution in [3.8, 4) is 0 Å². The van der Waals surface area contributed by atoms with Crippen LogP contribution >= 0.6 is 15.9 Å². The highest BCUT2D eigenvalue weighted by Gasteiger charge is 2.13. The molecule has 0 unspecified atom stereocenters. The lowest BCUT2D eigenvalue weighted by atomic mass is 10.3. The monoisotopic (exact) mass is 321 g/mol. The maximum absolute atomic E-state index is 13.3. The highest BCUT2D eigenvalue weighted by atomic mass is 79.9. The van der Waals surface area contributed by atoms with Crippen LogP contribution in [0.15, 0.2) is 16.6 Å². The van der Waals surface area contributed by atoms with Crippen LogP contribution in [0.2, 0.25) is 0 Å². The van der Waals surface area contributed by atoms with Crippen molar-refractivity contribution >= 4 is 33.4 Å². The number of carbonyl (C=O) groups is 2. The molecule has 0 saturated carbocycles. The molecule has 98 valence electrons. The van der Waals surface area contributed by atoms with Crippen LogP contribution in [0, 0.1) is 11.6 Å². The summed E-state index contributed by atoms with van der Waals surface area (Å²) in [5.41, 5.74) is 4.44. The number of hydrogen-bond donors (Lipinski definition) is 3. The number of halogens is 3. The first kappa shape index (κ1) is 14.5. The average molecular weight is 322 g/mol. The Balaban J connectivity index is 2.68. The second kappa shape index (κ2) is 6.41. The molecular formula is C10H10BrF2N3O2. The van der Waals surface area contributed by atoms with E-state index in [0.717, 1.165) is 12.1 Å². The van der Waals surface area contributed by atoms with Crippen LogP contribution in [-0.4, -0.2) is 24.9 Å². The lowest BCUT2D eigenvalue weighted by Gasteiger charge is -2.08. The van der Waals surface area contributed by atoms with Gasteiger partial charge in [0.25, 0.3) is 0 Å². The van der Waals surface area contributed by atoms with E-state index in [2.05, 4.69) is 21.2 Å². The zero-order valence-corrected chi connectivity index (χ0v) is 10.7. The molecule has 4 N–H and O–H groups in total. The van der Waals surface area contributed by atoms with Gasteiger partial charge in [-0.2, -0.15) is 0 Å². The predicted octanol–water partition coefficient (Wildman–Crippen LogP) is 0.741. The van der Waals surface area contributed by atoms with E-state index < -0.39 is 35.7 Å². The van der Waals surface area contributed by atoms with E-state index in [9.17, 15) is 18.4 Å². The number of rotatable bonds is 4. The van der Waals surface area contributed by atoms with Gasteiger partial charge >= 0.3 is 0 Å². The van der Waals surface area contributed by atoms with Crippen LogP contribution in [0.5, 0.6) is 0 Å². The number of carbonyl (C=O) groups excluding carboxylic acids is 2. The lowest BCUT2D eigenvalue weighted by molar-refractivity contribution is -0.123.